The van der Waals surface area contributed by atoms with E-state index < -0.39 is 0 Å². The van der Waals surface area contributed by atoms with Gasteiger partial charge in [-0.15, -0.1) is 0 Å². The van der Waals surface area contributed by atoms with Gasteiger partial charge in [-0.2, -0.15) is 0 Å². The smallest absolute Gasteiger partial charge is 0.230 e. The van der Waals surface area contributed by atoms with Crippen molar-refractivity contribution in [2.24, 2.45) is 0 Å². The molecule has 3 heterocycles. The SMILES string of the molecule is C[C@@H](C(=O)N1CCc2nc([C@@H]3CCN(C)C3)ncc2C1)c1ccccc1. The van der Waals surface area contributed by atoms with Crippen molar-refractivity contribution in [2.45, 2.75) is 38.1 Å². The number of fused-ring (bicyclic) bond motifs is 1. The van der Waals surface area contributed by atoms with Crippen molar-refractivity contribution in [3.05, 3.63) is 59.2 Å². The Balaban J connectivity index is 1.47. The first-order valence-electron chi connectivity index (χ1n) is 9.49. The van der Waals surface area contributed by atoms with E-state index in [4.69, 9.17) is 4.98 Å². The molecule has 0 unspecified atom stereocenters. The number of likely N-dealkylation sites (tertiary alicyclic amines) is 1. The van der Waals surface area contributed by atoms with Crippen LogP contribution in [0.1, 0.15) is 47.8 Å². The minimum atomic E-state index is -0.119. The molecule has 0 spiro atoms. The van der Waals surface area contributed by atoms with E-state index >= 15 is 0 Å². The molecular formula is C21H26N4O. The highest BCUT2D eigenvalue weighted by molar-refractivity contribution is 5.83. The third kappa shape index (κ3) is 3.36. The lowest BCUT2D eigenvalue weighted by Crippen LogP contribution is -2.39. The Morgan fingerprint density at radius 3 is 2.77 bits per heavy atom. The van der Waals surface area contributed by atoms with Crippen LogP contribution in [0.25, 0.3) is 0 Å². The molecule has 0 bridgehead atoms. The van der Waals surface area contributed by atoms with E-state index in [0.29, 0.717) is 12.5 Å². The van der Waals surface area contributed by atoms with Crippen LogP contribution in [-0.2, 0) is 17.8 Å². The normalized spacial score (nSPS) is 21.5. The molecule has 5 nitrogen and oxygen atoms in total. The summed E-state index contributed by atoms with van der Waals surface area (Å²) in [7, 11) is 2.15. The van der Waals surface area contributed by atoms with Crippen LogP contribution in [0.2, 0.25) is 0 Å². The van der Waals surface area contributed by atoms with Gasteiger partial charge >= 0.3 is 0 Å². The van der Waals surface area contributed by atoms with Crippen molar-refractivity contribution < 1.29 is 4.79 Å². The Morgan fingerprint density at radius 1 is 1.23 bits per heavy atom. The summed E-state index contributed by atoms with van der Waals surface area (Å²) in [6, 6.07) is 10.00. The van der Waals surface area contributed by atoms with Crippen LogP contribution < -0.4 is 0 Å². The van der Waals surface area contributed by atoms with Crippen LogP contribution in [0, 0.1) is 0 Å². The lowest BCUT2D eigenvalue weighted by atomic mass is 9.98. The highest BCUT2D eigenvalue weighted by Crippen LogP contribution is 2.27. The Kier molecular flexibility index (Phi) is 4.72. The molecule has 136 valence electrons. The van der Waals surface area contributed by atoms with Gasteiger partial charge < -0.3 is 9.80 Å². The largest absolute Gasteiger partial charge is 0.337 e. The fourth-order valence-electron chi connectivity index (χ4n) is 4.02. The van der Waals surface area contributed by atoms with Crippen LogP contribution in [-0.4, -0.2) is 52.4 Å². The second-order valence-electron chi connectivity index (χ2n) is 7.59. The molecule has 1 aromatic heterocycles. The molecular weight excluding hydrogens is 324 g/mol. The van der Waals surface area contributed by atoms with Crippen molar-refractivity contribution in [3.63, 3.8) is 0 Å². The Bertz CT molecular complexity index is 792. The number of nitrogens with zero attached hydrogens (tertiary/aromatic N) is 4. The molecule has 5 heteroatoms. The first-order valence-corrected chi connectivity index (χ1v) is 9.49. The number of rotatable bonds is 3. The fourth-order valence-corrected chi connectivity index (χ4v) is 4.02. The standard InChI is InChI=1S/C21H26N4O/c1-15(16-6-4-3-5-7-16)21(26)25-11-9-19-18(14-25)12-22-20(23-19)17-8-10-24(2)13-17/h3-7,12,15,17H,8-11,13-14H2,1-2H3/t15-,17-/m1/s1. The molecule has 26 heavy (non-hydrogen) atoms. The molecule has 2 aliphatic heterocycles. The van der Waals surface area contributed by atoms with Gasteiger partial charge in [-0.3, -0.25) is 4.79 Å². The van der Waals surface area contributed by atoms with Gasteiger partial charge in [0, 0.05) is 43.7 Å². The summed E-state index contributed by atoms with van der Waals surface area (Å²) in [6.45, 7) is 5.51. The number of benzene rings is 1. The lowest BCUT2D eigenvalue weighted by molar-refractivity contribution is -0.133. The maximum atomic E-state index is 12.9. The quantitative estimate of drug-likeness (QED) is 0.854. The van der Waals surface area contributed by atoms with Gasteiger partial charge in [-0.05, 0) is 32.5 Å². The van der Waals surface area contributed by atoms with Gasteiger partial charge in [-0.25, -0.2) is 9.97 Å². The zero-order valence-electron chi connectivity index (χ0n) is 15.6. The summed E-state index contributed by atoms with van der Waals surface area (Å²) in [5.74, 6) is 1.49. The maximum Gasteiger partial charge on any atom is 0.230 e. The van der Waals surface area contributed by atoms with Crippen LogP contribution >= 0.6 is 0 Å². The number of amides is 1. The molecule has 2 atom stereocenters. The second-order valence-corrected chi connectivity index (χ2v) is 7.59. The molecule has 4 rings (SSSR count). The number of carbonyl (C=O) groups is 1. The number of likely N-dealkylation sites (N-methyl/N-ethyl adjacent to an activating group) is 1. The highest BCUT2D eigenvalue weighted by Gasteiger charge is 2.28. The van der Waals surface area contributed by atoms with Gasteiger partial charge in [0.05, 0.1) is 11.6 Å². The van der Waals surface area contributed by atoms with Gasteiger partial charge in [0.25, 0.3) is 0 Å². The summed E-state index contributed by atoms with van der Waals surface area (Å²) < 4.78 is 0. The molecule has 0 radical (unpaired) electrons. The molecule has 1 amide bonds. The Labute approximate surface area is 155 Å². The van der Waals surface area contributed by atoms with Gasteiger partial charge in [0.1, 0.15) is 5.82 Å². The van der Waals surface area contributed by atoms with E-state index in [1.165, 1.54) is 0 Å². The summed E-state index contributed by atoms with van der Waals surface area (Å²) in [5, 5.41) is 0. The lowest BCUT2D eigenvalue weighted by Gasteiger charge is -2.30. The van der Waals surface area contributed by atoms with E-state index in [1.54, 1.807) is 0 Å². The van der Waals surface area contributed by atoms with Crippen LogP contribution in [0.5, 0.6) is 0 Å². The molecule has 2 aromatic rings. The number of hydrogen-bond acceptors (Lipinski definition) is 4. The van der Waals surface area contributed by atoms with Crippen molar-refractivity contribution in [1.29, 1.82) is 0 Å². The summed E-state index contributed by atoms with van der Waals surface area (Å²) in [5.41, 5.74) is 3.29. The molecule has 1 fully saturated rings. The van der Waals surface area contributed by atoms with E-state index in [1.807, 2.05) is 48.4 Å². The van der Waals surface area contributed by atoms with Crippen LogP contribution in [0.3, 0.4) is 0 Å². The van der Waals surface area contributed by atoms with Gasteiger partial charge in [0.2, 0.25) is 5.91 Å². The first-order chi connectivity index (χ1) is 12.6. The van der Waals surface area contributed by atoms with Crippen molar-refractivity contribution in [1.82, 2.24) is 19.8 Å². The van der Waals surface area contributed by atoms with E-state index in [9.17, 15) is 4.79 Å². The minimum Gasteiger partial charge on any atom is -0.337 e. The Morgan fingerprint density at radius 2 is 2.04 bits per heavy atom. The van der Waals surface area contributed by atoms with Gasteiger partial charge in [0.15, 0.2) is 0 Å². The number of hydrogen-bond donors (Lipinski definition) is 0. The van der Waals surface area contributed by atoms with Crippen molar-refractivity contribution in [3.8, 4) is 0 Å². The van der Waals surface area contributed by atoms with E-state index in [2.05, 4.69) is 16.9 Å². The van der Waals surface area contributed by atoms with Crippen molar-refractivity contribution in [2.75, 3.05) is 26.7 Å². The zero-order valence-corrected chi connectivity index (χ0v) is 15.6. The minimum absolute atomic E-state index is 0.119. The predicted octanol–water partition coefficient (Wildman–Crippen LogP) is 2.58. The maximum absolute atomic E-state index is 12.9. The predicted molar refractivity (Wildman–Crippen MR) is 101 cm³/mol. The summed E-state index contributed by atoms with van der Waals surface area (Å²) in [6.07, 6.45) is 3.90. The topological polar surface area (TPSA) is 49.3 Å². The average Bonchev–Trinajstić information content (AvgIpc) is 3.13. The molecule has 2 aliphatic rings. The molecule has 1 aromatic carbocycles. The zero-order chi connectivity index (χ0) is 18.1. The third-order valence-corrected chi connectivity index (χ3v) is 5.69. The van der Waals surface area contributed by atoms with Crippen LogP contribution in [0.15, 0.2) is 36.5 Å². The molecule has 1 saturated heterocycles. The summed E-state index contributed by atoms with van der Waals surface area (Å²) in [4.78, 5) is 26.7. The van der Waals surface area contributed by atoms with Crippen LogP contribution in [0.4, 0.5) is 0 Å². The number of carbonyl (C=O) groups excluding carboxylic acids is 1. The van der Waals surface area contributed by atoms with E-state index in [0.717, 1.165) is 55.1 Å². The van der Waals surface area contributed by atoms with E-state index in [-0.39, 0.29) is 11.8 Å². The summed E-state index contributed by atoms with van der Waals surface area (Å²) >= 11 is 0. The second kappa shape index (κ2) is 7.16. The average molecular weight is 350 g/mol. The monoisotopic (exact) mass is 350 g/mol. The van der Waals surface area contributed by atoms with Gasteiger partial charge in [-0.1, -0.05) is 30.3 Å². The van der Waals surface area contributed by atoms with Crippen molar-refractivity contribution >= 4 is 5.91 Å². The Hall–Kier alpha value is -2.27. The number of aromatic nitrogens is 2. The highest BCUT2D eigenvalue weighted by atomic mass is 16.2. The fraction of sp³-hybridized carbons (Fsp3) is 0.476. The molecule has 0 saturated carbocycles. The first kappa shape index (κ1) is 17.2. The molecule has 0 N–H and O–H groups in total. The molecule has 0 aliphatic carbocycles. The third-order valence-electron chi connectivity index (χ3n) is 5.69.